The topological polar surface area (TPSA) is 54.5 Å². The molecule has 0 unspecified atom stereocenters. The van der Waals surface area contributed by atoms with Gasteiger partial charge in [0, 0.05) is 25.5 Å². The molecule has 1 aliphatic rings. The molecule has 1 amide bonds. The minimum Gasteiger partial charge on any atom is -0.496 e. The van der Waals surface area contributed by atoms with Crippen LogP contribution in [0.25, 0.3) is 0 Å². The number of piperidine rings is 1. The molecule has 1 aromatic heterocycles. The van der Waals surface area contributed by atoms with Gasteiger partial charge < -0.3 is 10.1 Å². The SMILES string of the molecule is COc1ccccc1C(=O)NCC1CCN(Cc2cccnc2)CC1. The van der Waals surface area contributed by atoms with Crippen LogP contribution in [0.3, 0.4) is 0 Å². The molecular formula is C20H25N3O2. The van der Waals surface area contributed by atoms with E-state index in [9.17, 15) is 4.79 Å². The third-order valence-electron chi connectivity index (χ3n) is 4.74. The lowest BCUT2D eigenvalue weighted by atomic mass is 9.96. The number of hydrogen-bond donors (Lipinski definition) is 1. The number of nitrogens with zero attached hydrogens (tertiary/aromatic N) is 2. The molecule has 1 aliphatic heterocycles. The van der Waals surface area contributed by atoms with E-state index >= 15 is 0 Å². The summed E-state index contributed by atoms with van der Waals surface area (Å²) in [5.41, 5.74) is 1.85. The molecule has 5 nitrogen and oxygen atoms in total. The van der Waals surface area contributed by atoms with Crippen LogP contribution in [-0.4, -0.2) is 42.5 Å². The van der Waals surface area contributed by atoms with Crippen molar-refractivity contribution in [1.29, 1.82) is 0 Å². The molecule has 1 saturated heterocycles. The monoisotopic (exact) mass is 339 g/mol. The Hall–Kier alpha value is -2.40. The Balaban J connectivity index is 1.44. The van der Waals surface area contributed by atoms with Crippen LogP contribution in [0.2, 0.25) is 0 Å². The molecule has 5 heteroatoms. The average Bonchev–Trinajstić information content (AvgIpc) is 2.68. The maximum absolute atomic E-state index is 12.4. The van der Waals surface area contributed by atoms with E-state index in [4.69, 9.17) is 4.74 Å². The van der Waals surface area contributed by atoms with Gasteiger partial charge in [-0.25, -0.2) is 0 Å². The van der Waals surface area contributed by atoms with Crippen LogP contribution in [0.5, 0.6) is 5.75 Å². The van der Waals surface area contributed by atoms with E-state index in [1.807, 2.05) is 30.5 Å². The summed E-state index contributed by atoms with van der Waals surface area (Å²) in [5.74, 6) is 1.09. The van der Waals surface area contributed by atoms with Gasteiger partial charge >= 0.3 is 0 Å². The van der Waals surface area contributed by atoms with Crippen LogP contribution in [0.1, 0.15) is 28.8 Å². The number of aromatic nitrogens is 1. The highest BCUT2D eigenvalue weighted by Gasteiger charge is 2.20. The molecule has 132 valence electrons. The van der Waals surface area contributed by atoms with Crippen molar-refractivity contribution in [2.75, 3.05) is 26.7 Å². The zero-order chi connectivity index (χ0) is 17.5. The molecule has 0 atom stereocenters. The molecule has 1 aromatic carbocycles. The molecule has 2 aromatic rings. The van der Waals surface area contributed by atoms with Crippen molar-refractivity contribution in [3.8, 4) is 5.75 Å². The standard InChI is InChI=1S/C20H25N3O2/c1-25-19-7-3-2-6-18(19)20(24)22-14-16-8-11-23(12-9-16)15-17-5-4-10-21-13-17/h2-7,10,13,16H,8-9,11-12,14-15H2,1H3,(H,22,24). The zero-order valence-electron chi connectivity index (χ0n) is 14.6. The van der Waals surface area contributed by atoms with Crippen molar-refractivity contribution in [1.82, 2.24) is 15.2 Å². The summed E-state index contributed by atoms with van der Waals surface area (Å²) < 4.78 is 5.26. The van der Waals surface area contributed by atoms with Crippen LogP contribution < -0.4 is 10.1 Å². The number of rotatable bonds is 6. The van der Waals surface area contributed by atoms with Gasteiger partial charge in [-0.15, -0.1) is 0 Å². The highest BCUT2D eigenvalue weighted by atomic mass is 16.5. The van der Waals surface area contributed by atoms with Crippen LogP contribution in [-0.2, 0) is 6.54 Å². The number of methoxy groups -OCH3 is 1. The second-order valence-electron chi connectivity index (χ2n) is 6.49. The average molecular weight is 339 g/mol. The van der Waals surface area contributed by atoms with E-state index in [1.54, 1.807) is 19.4 Å². The van der Waals surface area contributed by atoms with Crippen LogP contribution >= 0.6 is 0 Å². The summed E-state index contributed by atoms with van der Waals surface area (Å²) in [7, 11) is 1.59. The lowest BCUT2D eigenvalue weighted by Crippen LogP contribution is -2.38. The Bertz CT molecular complexity index is 682. The van der Waals surface area contributed by atoms with Crippen LogP contribution in [0.4, 0.5) is 0 Å². The molecule has 0 saturated carbocycles. The summed E-state index contributed by atoms with van der Waals surface area (Å²) >= 11 is 0. The number of amides is 1. The van der Waals surface area contributed by atoms with Crippen molar-refractivity contribution >= 4 is 5.91 Å². The molecule has 2 heterocycles. The van der Waals surface area contributed by atoms with E-state index in [0.717, 1.165) is 39.0 Å². The normalized spacial score (nSPS) is 15.7. The molecule has 0 spiro atoms. The molecule has 0 bridgehead atoms. The Labute approximate surface area is 149 Å². The molecule has 0 radical (unpaired) electrons. The van der Waals surface area contributed by atoms with E-state index in [0.29, 0.717) is 17.2 Å². The maximum Gasteiger partial charge on any atom is 0.255 e. The van der Waals surface area contributed by atoms with E-state index < -0.39 is 0 Å². The summed E-state index contributed by atoms with van der Waals surface area (Å²) in [6, 6.07) is 11.4. The molecule has 3 rings (SSSR count). The molecule has 1 N–H and O–H groups in total. The van der Waals surface area contributed by atoms with Gasteiger partial charge in [-0.2, -0.15) is 0 Å². The van der Waals surface area contributed by atoms with E-state index in [2.05, 4.69) is 21.3 Å². The van der Waals surface area contributed by atoms with Crippen molar-refractivity contribution < 1.29 is 9.53 Å². The number of carbonyl (C=O) groups excluding carboxylic acids is 1. The molecule has 0 aliphatic carbocycles. The van der Waals surface area contributed by atoms with Crippen molar-refractivity contribution in [3.63, 3.8) is 0 Å². The van der Waals surface area contributed by atoms with E-state index in [1.165, 1.54) is 5.56 Å². The molecule has 1 fully saturated rings. The zero-order valence-corrected chi connectivity index (χ0v) is 14.6. The fraction of sp³-hybridized carbons (Fsp3) is 0.400. The van der Waals surface area contributed by atoms with Crippen LogP contribution in [0.15, 0.2) is 48.8 Å². The Kier molecular flexibility index (Phi) is 6.01. The number of pyridine rings is 1. The Morgan fingerprint density at radius 1 is 1.24 bits per heavy atom. The first kappa shape index (κ1) is 17.4. The number of hydrogen-bond acceptors (Lipinski definition) is 4. The first-order valence-corrected chi connectivity index (χ1v) is 8.78. The minimum absolute atomic E-state index is 0.0600. The van der Waals surface area contributed by atoms with Crippen molar-refractivity contribution in [2.45, 2.75) is 19.4 Å². The predicted molar refractivity (Wildman–Crippen MR) is 97.6 cm³/mol. The summed E-state index contributed by atoms with van der Waals surface area (Å²) in [5, 5.41) is 3.06. The highest BCUT2D eigenvalue weighted by molar-refractivity contribution is 5.96. The third-order valence-corrected chi connectivity index (χ3v) is 4.74. The molecular weight excluding hydrogens is 314 g/mol. The predicted octanol–water partition coefficient (Wildman–Crippen LogP) is 2.73. The Morgan fingerprint density at radius 3 is 2.76 bits per heavy atom. The smallest absolute Gasteiger partial charge is 0.255 e. The summed E-state index contributed by atoms with van der Waals surface area (Å²) in [6.45, 7) is 3.79. The van der Waals surface area contributed by atoms with Gasteiger partial charge in [0.15, 0.2) is 0 Å². The fourth-order valence-corrected chi connectivity index (χ4v) is 3.26. The first-order valence-electron chi connectivity index (χ1n) is 8.78. The largest absolute Gasteiger partial charge is 0.496 e. The number of nitrogens with one attached hydrogen (secondary N) is 1. The quantitative estimate of drug-likeness (QED) is 0.879. The van der Waals surface area contributed by atoms with Crippen molar-refractivity contribution in [2.24, 2.45) is 5.92 Å². The highest BCUT2D eigenvalue weighted by Crippen LogP contribution is 2.20. The fourth-order valence-electron chi connectivity index (χ4n) is 3.26. The van der Waals surface area contributed by atoms with Gasteiger partial charge in [0.2, 0.25) is 0 Å². The minimum atomic E-state index is -0.0600. The van der Waals surface area contributed by atoms with Gasteiger partial charge in [-0.1, -0.05) is 18.2 Å². The summed E-state index contributed by atoms with van der Waals surface area (Å²) in [6.07, 6.45) is 5.94. The van der Waals surface area contributed by atoms with Crippen LogP contribution in [0, 0.1) is 5.92 Å². The van der Waals surface area contributed by atoms with Gasteiger partial charge in [-0.3, -0.25) is 14.7 Å². The lowest BCUT2D eigenvalue weighted by Gasteiger charge is -2.32. The lowest BCUT2D eigenvalue weighted by molar-refractivity contribution is 0.0932. The molecule has 25 heavy (non-hydrogen) atoms. The second kappa shape index (κ2) is 8.62. The number of para-hydroxylation sites is 1. The van der Waals surface area contributed by atoms with E-state index in [-0.39, 0.29) is 5.91 Å². The number of carbonyl (C=O) groups is 1. The first-order chi connectivity index (χ1) is 12.3. The Morgan fingerprint density at radius 2 is 2.04 bits per heavy atom. The van der Waals surface area contributed by atoms with Crippen molar-refractivity contribution in [3.05, 3.63) is 59.9 Å². The second-order valence-corrected chi connectivity index (χ2v) is 6.49. The number of likely N-dealkylation sites (tertiary alicyclic amines) is 1. The van der Waals surface area contributed by atoms with Gasteiger partial charge in [0.05, 0.1) is 12.7 Å². The van der Waals surface area contributed by atoms with Gasteiger partial charge in [0.1, 0.15) is 5.75 Å². The number of ether oxygens (including phenoxy) is 1. The number of benzene rings is 1. The maximum atomic E-state index is 12.4. The van der Waals surface area contributed by atoms with Gasteiger partial charge in [0.25, 0.3) is 5.91 Å². The third kappa shape index (κ3) is 4.79. The summed E-state index contributed by atoms with van der Waals surface area (Å²) in [4.78, 5) is 19.0. The van der Waals surface area contributed by atoms with Gasteiger partial charge in [-0.05, 0) is 55.6 Å².